The largest absolute Gasteiger partial charge is 0.496 e. The van der Waals surface area contributed by atoms with Gasteiger partial charge in [-0.1, -0.05) is 88.4 Å². The van der Waals surface area contributed by atoms with Gasteiger partial charge in [-0.25, -0.2) is 0 Å². The molecular formula is C41H46O8. The number of fused-ring (bicyclic) bond motifs is 3. The van der Waals surface area contributed by atoms with Crippen molar-refractivity contribution < 1.29 is 37.9 Å². The number of hydrogen-bond donors (Lipinski definition) is 0. The summed E-state index contributed by atoms with van der Waals surface area (Å²) in [4.78, 5) is 0. The Morgan fingerprint density at radius 2 is 0.837 bits per heavy atom. The van der Waals surface area contributed by atoms with E-state index < -0.39 is 5.41 Å². The van der Waals surface area contributed by atoms with Gasteiger partial charge in [-0.2, -0.15) is 0 Å². The van der Waals surface area contributed by atoms with Crippen molar-refractivity contribution in [3.8, 4) is 57.1 Å². The van der Waals surface area contributed by atoms with Gasteiger partial charge in [0.2, 0.25) is 11.5 Å². The second-order valence-electron chi connectivity index (χ2n) is 11.5. The summed E-state index contributed by atoms with van der Waals surface area (Å²) in [6, 6.07) is 16.7. The third-order valence-corrected chi connectivity index (χ3v) is 9.16. The van der Waals surface area contributed by atoms with Gasteiger partial charge in [0, 0.05) is 11.1 Å². The third kappa shape index (κ3) is 5.21. The van der Waals surface area contributed by atoms with Crippen LogP contribution in [0.1, 0.15) is 60.1 Å². The van der Waals surface area contributed by atoms with Gasteiger partial charge in [0.15, 0.2) is 23.0 Å². The van der Waals surface area contributed by atoms with Gasteiger partial charge in [0.1, 0.15) is 11.5 Å². The lowest BCUT2D eigenvalue weighted by atomic mass is 9.65. The first-order chi connectivity index (χ1) is 23.9. The van der Waals surface area contributed by atoms with Crippen molar-refractivity contribution in [2.45, 2.75) is 44.9 Å². The van der Waals surface area contributed by atoms with E-state index in [-0.39, 0.29) is 0 Å². The summed E-state index contributed by atoms with van der Waals surface area (Å²) in [5, 5.41) is 0. The van der Waals surface area contributed by atoms with Crippen LogP contribution in [-0.4, -0.2) is 42.7 Å². The third-order valence-electron chi connectivity index (χ3n) is 9.16. The molecule has 0 N–H and O–H groups in total. The van der Waals surface area contributed by atoms with Gasteiger partial charge >= 0.3 is 0 Å². The van der Waals surface area contributed by atoms with E-state index >= 15 is 0 Å². The standard InChI is InChI=1S/C41H46O8/c1-11-19-27-33(42-5)31(37(44-7)39(46-9)35(27)48-13-3)41(29-23-17-15-21-25(29)26-22-16-18-24-30(26)41)32-34(43-6)28(20-12-2)36(49-14-4)40(47-10)38(32)45-8/h13-18,21-24H,3-4,11-12,19-20H2,1-2,5-10H3. The van der Waals surface area contributed by atoms with Crippen molar-refractivity contribution in [1.29, 1.82) is 0 Å². The summed E-state index contributed by atoms with van der Waals surface area (Å²) in [6.07, 6.45) is 5.60. The van der Waals surface area contributed by atoms with Gasteiger partial charge in [-0.15, -0.1) is 0 Å². The Labute approximate surface area is 289 Å². The predicted molar refractivity (Wildman–Crippen MR) is 193 cm³/mol. The maximum Gasteiger partial charge on any atom is 0.204 e. The number of ether oxygens (including phenoxy) is 8. The molecule has 5 rings (SSSR count). The molecular weight excluding hydrogens is 620 g/mol. The zero-order chi connectivity index (χ0) is 35.3. The average molecular weight is 667 g/mol. The summed E-state index contributed by atoms with van der Waals surface area (Å²) in [7, 11) is 9.79. The molecule has 0 saturated carbocycles. The summed E-state index contributed by atoms with van der Waals surface area (Å²) in [6.45, 7) is 11.9. The molecule has 0 heterocycles. The Hall–Kier alpha value is -5.24. The van der Waals surface area contributed by atoms with Crippen molar-refractivity contribution in [2.24, 2.45) is 0 Å². The van der Waals surface area contributed by atoms with Gasteiger partial charge in [-0.3, -0.25) is 0 Å². The molecule has 0 aliphatic heterocycles. The molecule has 49 heavy (non-hydrogen) atoms. The fourth-order valence-corrected chi connectivity index (χ4v) is 7.58. The molecule has 0 amide bonds. The SMILES string of the molecule is C=COc1c(CCC)c(OC)c(C2(c3c(OC)c(CCC)c(OC=C)c(OC)c3OC)c3ccccc3-c3ccccc32)c(OC)c1OC. The first-order valence-corrected chi connectivity index (χ1v) is 16.4. The van der Waals surface area contributed by atoms with Gasteiger partial charge in [0.25, 0.3) is 0 Å². The average Bonchev–Trinajstić information content (AvgIpc) is 3.42. The van der Waals surface area contributed by atoms with Crippen molar-refractivity contribution >= 4 is 0 Å². The molecule has 8 nitrogen and oxygen atoms in total. The van der Waals surface area contributed by atoms with E-state index in [1.165, 1.54) is 12.5 Å². The smallest absolute Gasteiger partial charge is 0.204 e. The quantitative estimate of drug-likeness (QED) is 0.0967. The van der Waals surface area contributed by atoms with Crippen molar-refractivity contribution in [3.63, 3.8) is 0 Å². The monoisotopic (exact) mass is 666 g/mol. The van der Waals surface area contributed by atoms with E-state index in [1.54, 1.807) is 42.7 Å². The highest BCUT2D eigenvalue weighted by atomic mass is 16.5. The molecule has 1 aliphatic rings. The Morgan fingerprint density at radius 1 is 0.490 bits per heavy atom. The van der Waals surface area contributed by atoms with Crippen molar-refractivity contribution in [1.82, 2.24) is 0 Å². The summed E-state index contributed by atoms with van der Waals surface area (Å²) < 4.78 is 50.3. The molecule has 0 saturated heterocycles. The first-order valence-electron chi connectivity index (χ1n) is 16.4. The van der Waals surface area contributed by atoms with E-state index in [4.69, 9.17) is 37.9 Å². The lowest BCUT2D eigenvalue weighted by Gasteiger charge is -2.39. The van der Waals surface area contributed by atoms with Crippen LogP contribution in [0.3, 0.4) is 0 Å². The molecule has 0 atom stereocenters. The molecule has 4 aromatic rings. The highest BCUT2D eigenvalue weighted by Gasteiger charge is 2.55. The van der Waals surface area contributed by atoms with Crippen LogP contribution in [-0.2, 0) is 18.3 Å². The zero-order valence-electron chi connectivity index (χ0n) is 29.8. The predicted octanol–water partition coefficient (Wildman–Crippen LogP) is 9.05. The molecule has 0 bridgehead atoms. The van der Waals surface area contributed by atoms with Gasteiger partial charge in [0.05, 0.1) is 71.7 Å². The lowest BCUT2D eigenvalue weighted by Crippen LogP contribution is -2.32. The van der Waals surface area contributed by atoms with E-state index in [0.29, 0.717) is 70.0 Å². The highest BCUT2D eigenvalue weighted by molar-refractivity contribution is 5.92. The summed E-state index contributed by atoms with van der Waals surface area (Å²) in [5.41, 5.74) is 5.85. The minimum Gasteiger partial charge on any atom is -0.496 e. The van der Waals surface area contributed by atoms with Crippen LogP contribution < -0.4 is 37.9 Å². The molecule has 8 heteroatoms. The number of methoxy groups -OCH3 is 6. The minimum absolute atomic E-state index is 0.410. The van der Waals surface area contributed by atoms with Crippen LogP contribution in [0.4, 0.5) is 0 Å². The lowest BCUT2D eigenvalue weighted by molar-refractivity contribution is 0.310. The number of hydrogen-bond acceptors (Lipinski definition) is 8. The zero-order valence-corrected chi connectivity index (χ0v) is 29.8. The van der Waals surface area contributed by atoms with E-state index in [2.05, 4.69) is 51.3 Å². The number of benzene rings is 4. The van der Waals surface area contributed by atoms with E-state index in [0.717, 1.165) is 46.2 Å². The Morgan fingerprint density at radius 3 is 1.14 bits per heavy atom. The minimum atomic E-state index is -1.18. The molecule has 0 unspecified atom stereocenters. The Bertz CT molecular complexity index is 1720. The first kappa shape index (κ1) is 35.1. The van der Waals surface area contributed by atoms with Gasteiger partial charge < -0.3 is 37.9 Å². The Balaban J connectivity index is 2.23. The van der Waals surface area contributed by atoms with Crippen LogP contribution in [0.2, 0.25) is 0 Å². The van der Waals surface area contributed by atoms with Gasteiger partial charge in [-0.05, 0) is 35.1 Å². The Kier molecular flexibility index (Phi) is 10.7. The van der Waals surface area contributed by atoms with Crippen LogP contribution in [0.25, 0.3) is 11.1 Å². The molecule has 0 radical (unpaired) electrons. The molecule has 0 fully saturated rings. The fraction of sp³-hybridized carbons (Fsp3) is 0.317. The van der Waals surface area contributed by atoms with Crippen molar-refractivity contribution in [3.05, 3.63) is 108 Å². The molecule has 258 valence electrons. The molecule has 0 spiro atoms. The summed E-state index contributed by atoms with van der Waals surface area (Å²) >= 11 is 0. The van der Waals surface area contributed by atoms with E-state index in [9.17, 15) is 0 Å². The van der Waals surface area contributed by atoms with Crippen molar-refractivity contribution in [2.75, 3.05) is 42.7 Å². The van der Waals surface area contributed by atoms with Crippen LogP contribution in [0, 0.1) is 0 Å². The van der Waals surface area contributed by atoms with Crippen LogP contribution >= 0.6 is 0 Å². The molecule has 1 aliphatic carbocycles. The van der Waals surface area contributed by atoms with E-state index in [1.807, 2.05) is 24.3 Å². The second-order valence-corrected chi connectivity index (χ2v) is 11.5. The molecule has 0 aromatic heterocycles. The van der Waals surface area contributed by atoms with Crippen LogP contribution in [0.15, 0.2) is 74.2 Å². The maximum atomic E-state index is 6.49. The summed E-state index contributed by atoms with van der Waals surface area (Å²) in [5.74, 6) is 3.78. The normalized spacial score (nSPS) is 12.3. The topological polar surface area (TPSA) is 73.8 Å². The second kappa shape index (κ2) is 14.9. The number of rotatable bonds is 16. The molecule has 4 aromatic carbocycles. The fourth-order valence-electron chi connectivity index (χ4n) is 7.58. The maximum absolute atomic E-state index is 6.49. The van der Waals surface area contributed by atoms with Crippen LogP contribution in [0.5, 0.6) is 46.0 Å². The highest BCUT2D eigenvalue weighted by Crippen LogP contribution is 2.68.